The molecule has 0 radical (unpaired) electrons. The molecule has 0 aliphatic rings. The molecule has 4 rings (SSSR count). The van der Waals surface area contributed by atoms with Crippen LogP contribution in [0.15, 0.2) is 60.9 Å². The summed E-state index contributed by atoms with van der Waals surface area (Å²) in [5.74, 6) is -6.22. The lowest BCUT2D eigenvalue weighted by atomic mass is 10.1. The molecule has 0 unspecified atom stereocenters. The van der Waals surface area contributed by atoms with Gasteiger partial charge in [-0.15, -0.1) is 0 Å². The van der Waals surface area contributed by atoms with Gasteiger partial charge in [-0.2, -0.15) is 5.10 Å². The molecule has 1 aromatic heterocycles. The molecule has 2 amide bonds. The molecule has 0 aliphatic heterocycles. The molecule has 0 atom stereocenters. The number of urea groups is 1. The third kappa shape index (κ3) is 3.82. The Bertz CT molecular complexity index is 1250. The normalized spacial score (nSPS) is 10.9. The minimum Gasteiger partial charge on any atom is -0.307 e. The number of carbonyl (C=O) groups excluding carboxylic acids is 1. The van der Waals surface area contributed by atoms with Crippen molar-refractivity contribution in [3.05, 3.63) is 89.8 Å². The van der Waals surface area contributed by atoms with E-state index in [0.717, 1.165) is 15.5 Å². The van der Waals surface area contributed by atoms with E-state index in [9.17, 15) is 22.4 Å². The molecule has 4 aromatic rings. The van der Waals surface area contributed by atoms with Gasteiger partial charge in [0.2, 0.25) is 0 Å². The van der Waals surface area contributed by atoms with Crippen molar-refractivity contribution in [2.45, 2.75) is 6.54 Å². The molecule has 0 saturated heterocycles. The SMILES string of the molecule is O=C(Nc1cnn(Cc2c(F)cc(F)c(F)c2F)c1)Nc1cccc2ccccc12. The monoisotopic (exact) mass is 414 g/mol. The van der Waals surface area contributed by atoms with Crippen LogP contribution in [0.25, 0.3) is 10.8 Å². The van der Waals surface area contributed by atoms with Crippen LogP contribution in [0.2, 0.25) is 0 Å². The lowest BCUT2D eigenvalue weighted by Crippen LogP contribution is -2.19. The molecular formula is C21H14F4N4O. The molecule has 9 heteroatoms. The maximum Gasteiger partial charge on any atom is 0.323 e. The first-order valence-corrected chi connectivity index (χ1v) is 8.82. The number of carbonyl (C=O) groups is 1. The molecule has 3 aromatic carbocycles. The Balaban J connectivity index is 1.47. The van der Waals surface area contributed by atoms with Gasteiger partial charge in [0, 0.05) is 23.2 Å². The number of fused-ring (bicyclic) bond motifs is 1. The maximum absolute atomic E-state index is 13.8. The van der Waals surface area contributed by atoms with Crippen molar-refractivity contribution in [2.75, 3.05) is 10.6 Å². The average molecular weight is 414 g/mol. The number of aromatic nitrogens is 2. The fourth-order valence-corrected chi connectivity index (χ4v) is 3.04. The summed E-state index contributed by atoms with van der Waals surface area (Å²) in [7, 11) is 0. The molecule has 0 saturated carbocycles. The quantitative estimate of drug-likeness (QED) is 0.271. The van der Waals surface area contributed by atoms with Gasteiger partial charge >= 0.3 is 6.03 Å². The van der Waals surface area contributed by atoms with Crippen LogP contribution in [0.5, 0.6) is 0 Å². The first-order valence-electron chi connectivity index (χ1n) is 8.82. The standard InChI is InChI=1S/C21H14F4N4O/c22-16-8-17(23)20(25)19(24)15(16)11-29-10-13(9-26-29)27-21(30)28-18-7-3-5-12-4-1-2-6-14(12)18/h1-10H,11H2,(H2,27,28,30). The van der Waals surface area contributed by atoms with E-state index < -0.39 is 41.4 Å². The third-order valence-electron chi connectivity index (χ3n) is 4.46. The predicted octanol–water partition coefficient (Wildman–Crippen LogP) is 5.29. The van der Waals surface area contributed by atoms with Crippen molar-refractivity contribution in [2.24, 2.45) is 0 Å². The van der Waals surface area contributed by atoms with Crippen molar-refractivity contribution < 1.29 is 22.4 Å². The van der Waals surface area contributed by atoms with Crippen molar-refractivity contribution in [3.63, 3.8) is 0 Å². The van der Waals surface area contributed by atoms with Crippen LogP contribution in [0, 0.1) is 23.3 Å². The zero-order valence-corrected chi connectivity index (χ0v) is 15.3. The van der Waals surface area contributed by atoms with E-state index in [-0.39, 0.29) is 11.8 Å². The smallest absolute Gasteiger partial charge is 0.307 e. The Labute approximate surface area is 167 Å². The summed E-state index contributed by atoms with van der Waals surface area (Å²) in [5.41, 5.74) is 0.170. The van der Waals surface area contributed by atoms with E-state index in [0.29, 0.717) is 5.69 Å². The summed E-state index contributed by atoms with van der Waals surface area (Å²) in [4.78, 5) is 12.3. The third-order valence-corrected chi connectivity index (χ3v) is 4.46. The van der Waals surface area contributed by atoms with Gasteiger partial charge in [-0.1, -0.05) is 36.4 Å². The first-order chi connectivity index (χ1) is 14.4. The second kappa shape index (κ2) is 7.86. The Morgan fingerprint density at radius 2 is 1.70 bits per heavy atom. The lowest BCUT2D eigenvalue weighted by Gasteiger charge is -2.09. The van der Waals surface area contributed by atoms with E-state index >= 15 is 0 Å². The highest BCUT2D eigenvalue weighted by Crippen LogP contribution is 2.23. The van der Waals surface area contributed by atoms with Gasteiger partial charge in [0.15, 0.2) is 17.5 Å². The number of benzene rings is 3. The van der Waals surface area contributed by atoms with Crippen LogP contribution >= 0.6 is 0 Å². The lowest BCUT2D eigenvalue weighted by molar-refractivity contribution is 0.262. The van der Waals surface area contributed by atoms with Gasteiger partial charge < -0.3 is 10.6 Å². The number of hydrogen-bond donors (Lipinski definition) is 2. The van der Waals surface area contributed by atoms with E-state index in [2.05, 4.69) is 15.7 Å². The molecular weight excluding hydrogens is 400 g/mol. The molecule has 0 bridgehead atoms. The fraction of sp³-hybridized carbons (Fsp3) is 0.0476. The summed E-state index contributed by atoms with van der Waals surface area (Å²) in [5, 5.41) is 11.0. The van der Waals surface area contributed by atoms with Crippen LogP contribution in [0.1, 0.15) is 5.56 Å². The van der Waals surface area contributed by atoms with Gasteiger partial charge in [-0.25, -0.2) is 22.4 Å². The minimum absolute atomic E-state index is 0.246. The Kier molecular flexibility index (Phi) is 5.09. The molecule has 0 aliphatic carbocycles. The summed E-state index contributed by atoms with van der Waals surface area (Å²) in [6, 6.07) is 12.7. The van der Waals surface area contributed by atoms with E-state index in [4.69, 9.17) is 0 Å². The molecule has 1 heterocycles. The fourth-order valence-electron chi connectivity index (χ4n) is 3.04. The summed E-state index contributed by atoms with van der Waals surface area (Å²) >= 11 is 0. The number of hydrogen-bond acceptors (Lipinski definition) is 2. The number of rotatable bonds is 4. The van der Waals surface area contributed by atoms with Crippen LogP contribution < -0.4 is 10.6 Å². The number of halogens is 4. The highest BCUT2D eigenvalue weighted by atomic mass is 19.2. The second-order valence-corrected chi connectivity index (χ2v) is 6.48. The first kappa shape index (κ1) is 19.4. The van der Waals surface area contributed by atoms with Crippen LogP contribution in [-0.4, -0.2) is 15.8 Å². The molecule has 0 spiro atoms. The number of nitrogens with one attached hydrogen (secondary N) is 2. The van der Waals surface area contributed by atoms with Gasteiger partial charge in [-0.05, 0) is 11.5 Å². The van der Waals surface area contributed by atoms with Crippen molar-refractivity contribution in [3.8, 4) is 0 Å². The molecule has 5 nitrogen and oxygen atoms in total. The minimum atomic E-state index is -1.76. The molecule has 2 N–H and O–H groups in total. The Hall–Kier alpha value is -3.88. The molecule has 30 heavy (non-hydrogen) atoms. The maximum atomic E-state index is 13.8. The summed E-state index contributed by atoms with van der Waals surface area (Å²) in [6.07, 6.45) is 2.57. The summed E-state index contributed by atoms with van der Waals surface area (Å²) in [6.45, 7) is -0.485. The topological polar surface area (TPSA) is 59.0 Å². The van der Waals surface area contributed by atoms with Gasteiger partial charge in [0.05, 0.1) is 24.1 Å². The highest BCUT2D eigenvalue weighted by molar-refractivity contribution is 6.06. The van der Waals surface area contributed by atoms with Gasteiger partial charge in [0.25, 0.3) is 0 Å². The average Bonchev–Trinajstić information content (AvgIpc) is 3.16. The van der Waals surface area contributed by atoms with Crippen molar-refractivity contribution in [1.29, 1.82) is 0 Å². The summed E-state index contributed by atoms with van der Waals surface area (Å²) < 4.78 is 55.1. The zero-order valence-electron chi connectivity index (χ0n) is 15.3. The van der Waals surface area contributed by atoms with Crippen molar-refractivity contribution >= 4 is 28.2 Å². The largest absolute Gasteiger partial charge is 0.323 e. The van der Waals surface area contributed by atoms with Crippen LogP contribution in [0.4, 0.5) is 33.7 Å². The van der Waals surface area contributed by atoms with Crippen molar-refractivity contribution in [1.82, 2.24) is 9.78 Å². The van der Waals surface area contributed by atoms with Crippen LogP contribution in [0.3, 0.4) is 0 Å². The van der Waals surface area contributed by atoms with Gasteiger partial charge in [0.1, 0.15) is 5.82 Å². The zero-order chi connectivity index (χ0) is 21.3. The molecule has 0 fully saturated rings. The van der Waals surface area contributed by atoms with E-state index in [1.807, 2.05) is 30.3 Å². The second-order valence-electron chi connectivity index (χ2n) is 6.48. The molecule has 152 valence electrons. The van der Waals surface area contributed by atoms with E-state index in [1.165, 1.54) is 12.4 Å². The van der Waals surface area contributed by atoms with Crippen LogP contribution in [-0.2, 0) is 6.54 Å². The number of nitrogens with zero attached hydrogens (tertiary/aromatic N) is 2. The van der Waals surface area contributed by atoms with Gasteiger partial charge in [-0.3, -0.25) is 4.68 Å². The number of amides is 2. The number of anilines is 2. The Morgan fingerprint density at radius 3 is 2.53 bits per heavy atom. The predicted molar refractivity (Wildman–Crippen MR) is 104 cm³/mol. The van der Waals surface area contributed by atoms with E-state index in [1.54, 1.807) is 12.1 Å². The highest BCUT2D eigenvalue weighted by Gasteiger charge is 2.19. The Morgan fingerprint density at radius 1 is 0.933 bits per heavy atom.